The van der Waals surface area contributed by atoms with Gasteiger partial charge in [0.05, 0.1) is 0 Å². The molecule has 4 heteroatoms. The molecule has 0 nitrogen and oxygen atoms in total. The molecule has 0 fully saturated rings. The quantitative estimate of drug-likeness (QED) is 0.575. The van der Waals surface area contributed by atoms with Crippen molar-refractivity contribution in [3.63, 3.8) is 0 Å². The fraction of sp³-hybridized carbons (Fsp3) is 0. The van der Waals surface area contributed by atoms with Crippen LogP contribution in [-0.4, -0.2) is 51.3 Å². The Kier molecular flexibility index (Phi) is 22.1. The smallest absolute Gasteiger partial charge is 0 e. The first kappa shape index (κ1) is 9.71. The first-order valence-corrected chi connectivity index (χ1v) is 9.95. The van der Waals surface area contributed by atoms with Gasteiger partial charge in [0.15, 0.2) is 0 Å². The van der Waals surface area contributed by atoms with Crippen LogP contribution < -0.4 is 0 Å². The summed E-state index contributed by atoms with van der Waals surface area (Å²) in [5, 5.41) is 0. The van der Waals surface area contributed by atoms with E-state index in [-0.39, 0.29) is 29.6 Å². The predicted octanol–water partition coefficient (Wildman–Crippen LogP) is 0.617. The Morgan fingerprint density at radius 2 is 1.25 bits per heavy atom. The zero-order valence-electron chi connectivity index (χ0n) is 2.26. The summed E-state index contributed by atoms with van der Waals surface area (Å²) in [6.07, 6.45) is 0. The molecule has 0 aromatic carbocycles. The fourth-order valence-electron chi connectivity index (χ4n) is 0. The van der Waals surface area contributed by atoms with Crippen LogP contribution in [0.2, 0.25) is 0 Å². The zero-order chi connectivity index (χ0) is 2.71. The molecule has 0 aromatic rings. The van der Waals surface area contributed by atoms with E-state index in [2.05, 4.69) is 0 Å². The van der Waals surface area contributed by atoms with E-state index in [1.807, 2.05) is 0 Å². The van der Waals surface area contributed by atoms with Crippen LogP contribution in [0.3, 0.4) is 0 Å². The van der Waals surface area contributed by atoms with Gasteiger partial charge < -0.3 is 0 Å². The minimum atomic E-state index is -0.972. The Bertz CT molecular complexity index is 6.00. The number of rotatable bonds is 0. The number of hydrogen-bond donors (Lipinski definition) is 0. The van der Waals surface area contributed by atoms with Crippen molar-refractivity contribution < 1.29 is 0 Å². The molecule has 0 unspecified atom stereocenters. The second-order valence-electron chi connectivity index (χ2n) is 0.0714. The Morgan fingerprint density at radius 3 is 1.25 bits per heavy atom. The molecule has 0 spiro atoms. The van der Waals surface area contributed by atoms with Crippen LogP contribution >= 0.6 is 16.6 Å². The van der Waals surface area contributed by atoms with E-state index in [1.165, 1.54) is 0 Å². The Balaban J connectivity index is 0. The predicted molar refractivity (Wildman–Crippen MR) is 23.2 cm³/mol. The third-order valence-corrected chi connectivity index (χ3v) is 0. The molecule has 0 saturated carbocycles. The third-order valence-electron chi connectivity index (χ3n) is 0. The maximum Gasteiger partial charge on any atom is 0 e. The largest absolute Gasteiger partial charge is 0 e. The van der Waals surface area contributed by atoms with Gasteiger partial charge >= 0.3 is 38.4 Å². The number of halogens is 2. The van der Waals surface area contributed by atoms with Gasteiger partial charge in [-0.05, 0) is 0 Å². The molecule has 19 valence electrons. The Hall–Kier alpha value is 2.50. The molecule has 0 aliphatic carbocycles. The second-order valence-corrected chi connectivity index (χ2v) is 5.64. The van der Waals surface area contributed by atoms with Crippen LogP contribution in [0.5, 0.6) is 0 Å². The summed E-state index contributed by atoms with van der Waals surface area (Å²) >= 11 is -0.972. The van der Waals surface area contributed by atoms with Gasteiger partial charge in [0.2, 0.25) is 0 Å². The topological polar surface area (TPSA) is 0 Å². The minimum absolute atomic E-state index is 0. The molecule has 4 heavy (non-hydrogen) atoms. The zero-order valence-corrected chi connectivity index (χ0v) is 9.66. The molecule has 0 amide bonds. The Morgan fingerprint density at radius 1 is 1.25 bits per heavy atom. The maximum atomic E-state index is 4.96. The normalized spacial score (nSPS) is 4.50. The monoisotopic (exact) mass is 301 g/mol. The van der Waals surface area contributed by atoms with Gasteiger partial charge in [0.1, 0.15) is 0 Å². The van der Waals surface area contributed by atoms with Crippen molar-refractivity contribution in [2.75, 3.05) is 0 Å². The van der Waals surface area contributed by atoms with E-state index in [4.69, 9.17) is 16.6 Å². The average Bonchev–Trinajstić information content (AvgIpc) is 0.918. The van der Waals surface area contributed by atoms with Gasteiger partial charge in [-0.2, -0.15) is 0 Å². The van der Waals surface area contributed by atoms with E-state index in [1.54, 1.807) is 0 Å². The van der Waals surface area contributed by atoms with Crippen LogP contribution in [-0.2, 0) is 0 Å². The second kappa shape index (κ2) is 9.09. The molecular formula is Cl2NaPb. The van der Waals surface area contributed by atoms with Gasteiger partial charge in [-0.3, -0.25) is 0 Å². The molecule has 0 aliphatic heterocycles. The summed E-state index contributed by atoms with van der Waals surface area (Å²) in [4.78, 5) is 0. The van der Waals surface area contributed by atoms with Crippen LogP contribution in [0.4, 0.5) is 0 Å². The molecule has 0 saturated heterocycles. The van der Waals surface area contributed by atoms with Crippen molar-refractivity contribution in [3.05, 3.63) is 0 Å². The van der Waals surface area contributed by atoms with Crippen molar-refractivity contribution in [2.24, 2.45) is 0 Å². The summed E-state index contributed by atoms with van der Waals surface area (Å²) in [6, 6.07) is 0. The van der Waals surface area contributed by atoms with Gasteiger partial charge in [0, 0.05) is 29.6 Å². The third kappa shape index (κ3) is 8.82. The van der Waals surface area contributed by atoms with E-state index >= 15 is 0 Å². The summed E-state index contributed by atoms with van der Waals surface area (Å²) in [5.74, 6) is 0. The molecule has 0 aromatic heterocycles. The van der Waals surface area contributed by atoms with Gasteiger partial charge in [-0.15, -0.1) is 0 Å². The minimum Gasteiger partial charge on any atom is 0 e. The van der Waals surface area contributed by atoms with E-state index < -0.39 is 21.8 Å². The molecular weight excluding hydrogens is 301 g/mol. The summed E-state index contributed by atoms with van der Waals surface area (Å²) in [5.41, 5.74) is 0. The summed E-state index contributed by atoms with van der Waals surface area (Å²) in [7, 11) is 9.92. The molecule has 0 rings (SSSR count). The van der Waals surface area contributed by atoms with Crippen LogP contribution in [0.1, 0.15) is 0 Å². The van der Waals surface area contributed by atoms with Crippen molar-refractivity contribution >= 4 is 68.0 Å². The van der Waals surface area contributed by atoms with Crippen molar-refractivity contribution in [2.45, 2.75) is 0 Å². The maximum absolute atomic E-state index is 4.96. The van der Waals surface area contributed by atoms with Crippen LogP contribution in [0.25, 0.3) is 0 Å². The first-order valence-electron chi connectivity index (χ1n) is 0.378. The van der Waals surface area contributed by atoms with Crippen LogP contribution in [0, 0.1) is 0 Å². The number of hydrogen-bond acceptors (Lipinski definition) is 0. The molecule has 0 bridgehead atoms. The molecule has 0 N–H and O–H groups in total. The first-order chi connectivity index (χ1) is 1.41. The van der Waals surface area contributed by atoms with Gasteiger partial charge in [-0.25, -0.2) is 0 Å². The average molecular weight is 301 g/mol. The standard InChI is InChI=1S/2ClH.Na.Pb/h2*1H;;/q;;;+2/p-2. The van der Waals surface area contributed by atoms with Crippen molar-refractivity contribution in [1.29, 1.82) is 0 Å². The van der Waals surface area contributed by atoms with Crippen molar-refractivity contribution in [1.82, 2.24) is 0 Å². The summed E-state index contributed by atoms with van der Waals surface area (Å²) in [6.45, 7) is 0. The SMILES string of the molecule is [Cl][Pb][Cl].[Na]. The van der Waals surface area contributed by atoms with Crippen LogP contribution in [0.15, 0.2) is 0 Å². The molecule has 0 atom stereocenters. The van der Waals surface area contributed by atoms with E-state index in [0.29, 0.717) is 0 Å². The Labute approximate surface area is 66.7 Å². The molecule has 0 heterocycles. The molecule has 3 radical (unpaired) electrons. The van der Waals surface area contributed by atoms with Gasteiger partial charge in [-0.1, -0.05) is 0 Å². The van der Waals surface area contributed by atoms with E-state index in [9.17, 15) is 0 Å². The summed E-state index contributed by atoms with van der Waals surface area (Å²) < 4.78 is 0. The van der Waals surface area contributed by atoms with Gasteiger partial charge in [0.25, 0.3) is 0 Å². The van der Waals surface area contributed by atoms with E-state index in [0.717, 1.165) is 0 Å². The molecule has 0 aliphatic rings. The fourth-order valence-corrected chi connectivity index (χ4v) is 0. The van der Waals surface area contributed by atoms with Crippen molar-refractivity contribution in [3.8, 4) is 0 Å².